The minimum Gasteiger partial charge on any atom is -0.468 e. The van der Waals surface area contributed by atoms with Gasteiger partial charge in [0.2, 0.25) is 5.88 Å². The van der Waals surface area contributed by atoms with Crippen LogP contribution in [0.3, 0.4) is 0 Å². The molecule has 0 spiro atoms. The first-order valence-electron chi connectivity index (χ1n) is 6.28. The first-order chi connectivity index (χ1) is 8.99. The lowest BCUT2D eigenvalue weighted by Crippen LogP contribution is -2.21. The van der Waals surface area contributed by atoms with Crippen LogP contribution in [-0.2, 0) is 19.3 Å². The van der Waals surface area contributed by atoms with Crippen molar-refractivity contribution >= 4 is 0 Å². The third-order valence-corrected chi connectivity index (χ3v) is 2.88. The summed E-state index contributed by atoms with van der Waals surface area (Å²) < 4.78 is 41.6. The van der Waals surface area contributed by atoms with Crippen molar-refractivity contribution in [2.45, 2.75) is 32.4 Å². The highest BCUT2D eigenvalue weighted by Crippen LogP contribution is 2.24. The van der Waals surface area contributed by atoms with Gasteiger partial charge in [0.25, 0.3) is 0 Å². The van der Waals surface area contributed by atoms with Crippen molar-refractivity contribution in [3.8, 4) is 5.88 Å². The van der Waals surface area contributed by atoms with Crippen LogP contribution in [0.1, 0.15) is 24.0 Å². The summed E-state index contributed by atoms with van der Waals surface area (Å²) in [5.74, 6) is 0.612. The molecule has 2 rings (SSSR count). The highest BCUT2D eigenvalue weighted by molar-refractivity contribution is 5.32. The van der Waals surface area contributed by atoms with E-state index in [-0.39, 0.29) is 5.88 Å². The van der Waals surface area contributed by atoms with Crippen LogP contribution in [0.4, 0.5) is 13.2 Å². The number of ether oxygens (including phenoxy) is 1. The van der Waals surface area contributed by atoms with E-state index in [0.29, 0.717) is 37.2 Å². The molecule has 1 N–H and O–H groups in total. The van der Waals surface area contributed by atoms with Crippen molar-refractivity contribution in [1.29, 1.82) is 0 Å². The van der Waals surface area contributed by atoms with Crippen molar-refractivity contribution in [3.05, 3.63) is 17.1 Å². The minimum absolute atomic E-state index is 0.0860. The zero-order valence-corrected chi connectivity index (χ0v) is 10.7. The summed E-state index contributed by atoms with van der Waals surface area (Å²) in [6.07, 6.45) is -2.50. The fourth-order valence-electron chi connectivity index (χ4n) is 1.99. The number of aryl methyl sites for hydroxylation is 1. The van der Waals surface area contributed by atoms with Gasteiger partial charge in [0.1, 0.15) is 5.82 Å². The van der Waals surface area contributed by atoms with Crippen LogP contribution in [0.15, 0.2) is 0 Å². The highest BCUT2D eigenvalue weighted by atomic mass is 19.4. The lowest BCUT2D eigenvalue weighted by atomic mass is 10.1. The smallest absolute Gasteiger partial charge is 0.422 e. The molecule has 0 aromatic carbocycles. The lowest BCUT2D eigenvalue weighted by molar-refractivity contribution is -0.154. The molecule has 2 heterocycles. The molecule has 4 nitrogen and oxygen atoms in total. The third-order valence-electron chi connectivity index (χ3n) is 2.88. The van der Waals surface area contributed by atoms with Gasteiger partial charge in [0, 0.05) is 24.9 Å². The Bertz CT molecular complexity index is 449. The standard InChI is InChI=1S/C12H16F3N3O/c1-2-10-17-9-4-6-16-5-3-8(9)11(18-10)19-7-12(13,14)15/h16H,2-7H2,1H3. The Hall–Kier alpha value is -1.37. The molecule has 1 aliphatic heterocycles. The maximum atomic E-state index is 12.3. The average molecular weight is 275 g/mol. The van der Waals surface area contributed by atoms with Gasteiger partial charge in [0.15, 0.2) is 6.61 Å². The number of aromatic nitrogens is 2. The van der Waals surface area contributed by atoms with Gasteiger partial charge >= 0.3 is 6.18 Å². The molecule has 0 fully saturated rings. The van der Waals surface area contributed by atoms with E-state index in [0.717, 1.165) is 12.2 Å². The summed E-state index contributed by atoms with van der Waals surface area (Å²) in [4.78, 5) is 8.47. The molecular formula is C12H16F3N3O. The molecule has 0 atom stereocenters. The number of alkyl halides is 3. The van der Waals surface area contributed by atoms with Crippen molar-refractivity contribution in [2.75, 3.05) is 19.7 Å². The predicted octanol–water partition coefficient (Wildman–Crippen LogP) is 1.67. The zero-order chi connectivity index (χ0) is 13.9. The van der Waals surface area contributed by atoms with Crippen LogP contribution in [0.25, 0.3) is 0 Å². The molecule has 0 aliphatic carbocycles. The number of nitrogens with one attached hydrogen (secondary N) is 1. The molecule has 19 heavy (non-hydrogen) atoms. The van der Waals surface area contributed by atoms with Crippen molar-refractivity contribution in [1.82, 2.24) is 15.3 Å². The molecule has 1 aromatic heterocycles. The van der Waals surface area contributed by atoms with Crippen LogP contribution in [0, 0.1) is 0 Å². The van der Waals surface area contributed by atoms with Gasteiger partial charge in [-0.25, -0.2) is 4.98 Å². The fraction of sp³-hybridized carbons (Fsp3) is 0.667. The maximum Gasteiger partial charge on any atom is 0.422 e. The Morgan fingerprint density at radius 2 is 1.95 bits per heavy atom. The van der Waals surface area contributed by atoms with Crippen molar-refractivity contribution in [2.24, 2.45) is 0 Å². The molecule has 0 unspecified atom stereocenters. The SMILES string of the molecule is CCc1nc2c(c(OCC(F)(F)F)n1)CCNCC2. The van der Waals surface area contributed by atoms with E-state index in [1.165, 1.54) is 0 Å². The number of hydrogen-bond donors (Lipinski definition) is 1. The molecular weight excluding hydrogens is 259 g/mol. The molecule has 1 aliphatic rings. The molecule has 0 amide bonds. The van der Waals surface area contributed by atoms with Crippen LogP contribution in [-0.4, -0.2) is 35.8 Å². The molecule has 0 saturated carbocycles. The maximum absolute atomic E-state index is 12.3. The Morgan fingerprint density at radius 3 is 2.63 bits per heavy atom. The predicted molar refractivity (Wildman–Crippen MR) is 63.2 cm³/mol. The summed E-state index contributed by atoms with van der Waals surface area (Å²) in [5, 5.41) is 3.19. The average Bonchev–Trinajstić information content (AvgIpc) is 2.59. The van der Waals surface area contributed by atoms with Crippen LogP contribution >= 0.6 is 0 Å². The summed E-state index contributed by atoms with van der Waals surface area (Å²) in [7, 11) is 0. The summed E-state index contributed by atoms with van der Waals surface area (Å²) in [6, 6.07) is 0. The van der Waals surface area contributed by atoms with Crippen molar-refractivity contribution in [3.63, 3.8) is 0 Å². The minimum atomic E-state index is -4.35. The van der Waals surface area contributed by atoms with E-state index in [1.54, 1.807) is 0 Å². The van der Waals surface area contributed by atoms with Gasteiger partial charge in [-0.05, 0) is 13.0 Å². The Labute approximate surface area is 109 Å². The first kappa shape index (κ1) is 14.0. The Morgan fingerprint density at radius 1 is 1.21 bits per heavy atom. The van der Waals surface area contributed by atoms with Gasteiger partial charge < -0.3 is 10.1 Å². The largest absolute Gasteiger partial charge is 0.468 e. The van der Waals surface area contributed by atoms with Crippen LogP contribution < -0.4 is 10.1 Å². The van der Waals surface area contributed by atoms with Gasteiger partial charge in [-0.2, -0.15) is 18.2 Å². The monoisotopic (exact) mass is 275 g/mol. The summed E-state index contributed by atoms with van der Waals surface area (Å²) in [5.41, 5.74) is 1.50. The van der Waals surface area contributed by atoms with Gasteiger partial charge in [-0.3, -0.25) is 0 Å². The van der Waals surface area contributed by atoms with Gasteiger partial charge in [-0.15, -0.1) is 0 Å². The van der Waals surface area contributed by atoms with E-state index in [4.69, 9.17) is 4.74 Å². The Balaban J connectivity index is 2.29. The van der Waals surface area contributed by atoms with E-state index in [1.807, 2.05) is 6.92 Å². The van der Waals surface area contributed by atoms with Crippen LogP contribution in [0.2, 0.25) is 0 Å². The number of fused-ring (bicyclic) bond motifs is 1. The normalized spacial score (nSPS) is 15.8. The molecule has 0 saturated heterocycles. The fourth-order valence-corrected chi connectivity index (χ4v) is 1.99. The topological polar surface area (TPSA) is 47.0 Å². The van der Waals surface area contributed by atoms with E-state index >= 15 is 0 Å². The lowest BCUT2D eigenvalue weighted by Gasteiger charge is -2.14. The molecule has 1 aromatic rings. The quantitative estimate of drug-likeness (QED) is 0.911. The van der Waals surface area contributed by atoms with E-state index < -0.39 is 12.8 Å². The van der Waals surface area contributed by atoms with Crippen molar-refractivity contribution < 1.29 is 17.9 Å². The number of nitrogens with zero attached hydrogens (tertiary/aromatic N) is 2. The van der Waals surface area contributed by atoms with E-state index in [2.05, 4.69) is 15.3 Å². The van der Waals surface area contributed by atoms with Gasteiger partial charge in [0.05, 0.1) is 5.69 Å². The van der Waals surface area contributed by atoms with Crippen LogP contribution in [0.5, 0.6) is 5.88 Å². The van der Waals surface area contributed by atoms with Gasteiger partial charge in [-0.1, -0.05) is 6.92 Å². The molecule has 0 bridgehead atoms. The molecule has 0 radical (unpaired) electrons. The Kier molecular flexibility index (Phi) is 4.24. The molecule has 7 heteroatoms. The summed E-state index contributed by atoms with van der Waals surface area (Å²) >= 11 is 0. The second-order valence-electron chi connectivity index (χ2n) is 4.38. The number of halogens is 3. The van der Waals surface area contributed by atoms with E-state index in [9.17, 15) is 13.2 Å². The third kappa shape index (κ3) is 3.79. The summed E-state index contributed by atoms with van der Waals surface area (Å²) in [6.45, 7) is 2.02. The second-order valence-corrected chi connectivity index (χ2v) is 4.38. The second kappa shape index (κ2) is 5.73. The number of rotatable bonds is 3. The zero-order valence-electron chi connectivity index (χ0n) is 10.7. The first-order valence-corrected chi connectivity index (χ1v) is 6.28. The molecule has 106 valence electrons. The number of hydrogen-bond acceptors (Lipinski definition) is 4. The highest BCUT2D eigenvalue weighted by Gasteiger charge is 2.30.